The van der Waals surface area contributed by atoms with E-state index in [1.807, 2.05) is 6.92 Å². The Morgan fingerprint density at radius 1 is 1.28 bits per heavy atom. The molecule has 0 spiro atoms. The summed E-state index contributed by atoms with van der Waals surface area (Å²) in [5, 5.41) is 15.4. The van der Waals surface area contributed by atoms with Crippen LogP contribution in [-0.2, 0) is 32.2 Å². The van der Waals surface area contributed by atoms with Gasteiger partial charge in [0.15, 0.2) is 15.9 Å². The zero-order chi connectivity index (χ0) is 21.8. The van der Waals surface area contributed by atoms with Gasteiger partial charge in [-0.3, -0.25) is 9.48 Å². The number of nitrogens with zero attached hydrogens (tertiary/aromatic N) is 3. The average molecular weight is 418 g/mol. The van der Waals surface area contributed by atoms with Crippen molar-refractivity contribution in [2.75, 3.05) is 11.1 Å². The molecule has 1 heterocycles. The van der Waals surface area contributed by atoms with Crippen LogP contribution >= 0.6 is 0 Å². The van der Waals surface area contributed by atoms with Crippen LogP contribution in [-0.4, -0.2) is 41.9 Å². The van der Waals surface area contributed by atoms with E-state index in [4.69, 9.17) is 10.00 Å². The van der Waals surface area contributed by atoms with E-state index in [9.17, 15) is 18.0 Å². The first-order valence-corrected chi connectivity index (χ1v) is 10.5. The van der Waals surface area contributed by atoms with Gasteiger partial charge in [0.1, 0.15) is 5.75 Å². The maximum atomic E-state index is 12.3. The molecule has 2 rings (SSSR count). The minimum Gasteiger partial charge on any atom is -0.449 e. The SMILES string of the molecule is Cc1nn(C)c(C)c1NC(=O)[C@H](C)OC(=O)c1ccc(CS(=O)(=O)CC#N)cc1. The number of carbonyl (C=O) groups excluding carboxylic acids is 2. The fraction of sp³-hybridized carbons (Fsp3) is 0.368. The van der Waals surface area contributed by atoms with Gasteiger partial charge in [-0.1, -0.05) is 12.1 Å². The molecule has 2 aromatic rings. The fourth-order valence-corrected chi connectivity index (χ4v) is 3.60. The molecule has 1 atom stereocenters. The summed E-state index contributed by atoms with van der Waals surface area (Å²) in [4.78, 5) is 24.6. The summed E-state index contributed by atoms with van der Waals surface area (Å²) in [6, 6.07) is 7.38. The third-order valence-corrected chi connectivity index (χ3v) is 5.61. The first-order valence-electron chi connectivity index (χ1n) is 8.72. The minimum atomic E-state index is -3.52. The summed E-state index contributed by atoms with van der Waals surface area (Å²) in [5.74, 6) is -2.06. The van der Waals surface area contributed by atoms with E-state index in [2.05, 4.69) is 10.4 Å². The molecule has 10 heteroatoms. The van der Waals surface area contributed by atoms with Gasteiger partial charge in [-0.25, -0.2) is 13.2 Å². The van der Waals surface area contributed by atoms with Crippen molar-refractivity contribution in [1.82, 2.24) is 9.78 Å². The van der Waals surface area contributed by atoms with Crippen molar-refractivity contribution < 1.29 is 22.7 Å². The number of amides is 1. The van der Waals surface area contributed by atoms with Gasteiger partial charge in [0.2, 0.25) is 0 Å². The van der Waals surface area contributed by atoms with Crippen LogP contribution < -0.4 is 5.32 Å². The van der Waals surface area contributed by atoms with Crippen LogP contribution in [0.2, 0.25) is 0 Å². The molecule has 1 N–H and O–H groups in total. The number of esters is 1. The number of sulfone groups is 1. The van der Waals surface area contributed by atoms with Crippen molar-refractivity contribution >= 4 is 27.4 Å². The predicted molar refractivity (Wildman–Crippen MR) is 106 cm³/mol. The van der Waals surface area contributed by atoms with Crippen molar-refractivity contribution in [3.63, 3.8) is 0 Å². The third-order valence-electron chi connectivity index (χ3n) is 4.27. The Hall–Kier alpha value is -3.19. The number of aryl methyl sites for hydroxylation is 2. The maximum Gasteiger partial charge on any atom is 0.338 e. The number of hydrogen-bond acceptors (Lipinski definition) is 7. The van der Waals surface area contributed by atoms with Gasteiger partial charge < -0.3 is 10.1 Å². The molecule has 0 aliphatic rings. The number of nitriles is 1. The quantitative estimate of drug-likeness (QED) is 0.676. The first-order chi connectivity index (χ1) is 13.5. The second kappa shape index (κ2) is 8.87. The molecular weight excluding hydrogens is 396 g/mol. The zero-order valence-electron chi connectivity index (χ0n) is 16.6. The molecule has 29 heavy (non-hydrogen) atoms. The van der Waals surface area contributed by atoms with Gasteiger partial charge in [-0.2, -0.15) is 10.4 Å². The largest absolute Gasteiger partial charge is 0.449 e. The monoisotopic (exact) mass is 418 g/mol. The summed E-state index contributed by atoms with van der Waals surface area (Å²) in [6.07, 6.45) is -1.04. The van der Waals surface area contributed by atoms with Crippen LogP contribution in [0.4, 0.5) is 5.69 Å². The lowest BCUT2D eigenvalue weighted by Gasteiger charge is -2.14. The molecule has 0 aliphatic carbocycles. The molecule has 0 saturated carbocycles. The number of aromatic nitrogens is 2. The smallest absolute Gasteiger partial charge is 0.338 e. The Morgan fingerprint density at radius 3 is 2.41 bits per heavy atom. The summed E-state index contributed by atoms with van der Waals surface area (Å²) in [6.45, 7) is 5.03. The van der Waals surface area contributed by atoms with E-state index >= 15 is 0 Å². The molecule has 154 valence electrons. The molecule has 9 nitrogen and oxygen atoms in total. The molecule has 0 radical (unpaired) electrons. The summed E-state index contributed by atoms with van der Waals surface area (Å²) < 4.78 is 30.2. The highest BCUT2D eigenvalue weighted by Crippen LogP contribution is 2.19. The van der Waals surface area contributed by atoms with Crippen LogP contribution in [0.5, 0.6) is 0 Å². The van der Waals surface area contributed by atoms with E-state index in [1.54, 1.807) is 24.7 Å². The number of hydrogen-bond donors (Lipinski definition) is 1. The standard InChI is InChI=1S/C19H22N4O5S/c1-12-17(13(2)23(4)22-12)21-18(24)14(3)28-19(25)16-7-5-15(6-8-16)11-29(26,27)10-9-20/h5-8,14H,10-11H2,1-4H3,(H,21,24)/t14-/m0/s1. The topological polar surface area (TPSA) is 131 Å². The molecule has 0 saturated heterocycles. The highest BCUT2D eigenvalue weighted by molar-refractivity contribution is 7.90. The van der Waals surface area contributed by atoms with Crippen LogP contribution in [0, 0.1) is 25.2 Å². The average Bonchev–Trinajstić information content (AvgIpc) is 2.87. The Balaban J connectivity index is 2.00. The predicted octanol–water partition coefficient (Wildman–Crippen LogP) is 1.66. The van der Waals surface area contributed by atoms with Crippen LogP contribution in [0.3, 0.4) is 0 Å². The molecule has 0 bridgehead atoms. The van der Waals surface area contributed by atoms with Crippen LogP contribution in [0.25, 0.3) is 0 Å². The number of rotatable bonds is 7. The van der Waals surface area contributed by atoms with Crippen LogP contribution in [0.1, 0.15) is 34.2 Å². The maximum absolute atomic E-state index is 12.3. The van der Waals surface area contributed by atoms with E-state index in [0.717, 1.165) is 5.69 Å². The second-order valence-corrected chi connectivity index (χ2v) is 8.66. The summed E-state index contributed by atoms with van der Waals surface area (Å²) in [7, 11) is -1.76. The fourth-order valence-electron chi connectivity index (χ4n) is 2.60. The van der Waals surface area contributed by atoms with E-state index in [-0.39, 0.29) is 11.3 Å². The number of anilines is 1. The van der Waals surface area contributed by atoms with Gasteiger partial charge >= 0.3 is 5.97 Å². The second-order valence-electron chi connectivity index (χ2n) is 6.59. The summed E-state index contributed by atoms with van der Waals surface area (Å²) >= 11 is 0. The minimum absolute atomic E-state index is 0.180. The van der Waals surface area contributed by atoms with E-state index in [1.165, 1.54) is 31.2 Å². The van der Waals surface area contributed by atoms with E-state index in [0.29, 0.717) is 16.9 Å². The lowest BCUT2D eigenvalue weighted by molar-refractivity contribution is -0.123. The van der Waals surface area contributed by atoms with Gasteiger partial charge in [0, 0.05) is 7.05 Å². The molecular formula is C19H22N4O5S. The lowest BCUT2D eigenvalue weighted by Crippen LogP contribution is -2.30. The molecule has 1 aromatic heterocycles. The Bertz CT molecular complexity index is 1070. The van der Waals surface area contributed by atoms with Crippen molar-refractivity contribution in [3.05, 3.63) is 46.8 Å². The van der Waals surface area contributed by atoms with E-state index < -0.39 is 33.6 Å². The van der Waals surface area contributed by atoms with Crippen molar-refractivity contribution in [3.8, 4) is 6.07 Å². The molecule has 0 aliphatic heterocycles. The van der Waals surface area contributed by atoms with Gasteiger partial charge in [-0.15, -0.1) is 0 Å². The number of carbonyl (C=O) groups is 2. The van der Waals surface area contributed by atoms with Crippen LogP contribution in [0.15, 0.2) is 24.3 Å². The zero-order valence-corrected chi connectivity index (χ0v) is 17.4. The Kier molecular flexibility index (Phi) is 6.76. The van der Waals surface area contributed by atoms with Gasteiger partial charge in [0.25, 0.3) is 5.91 Å². The Morgan fingerprint density at radius 2 is 1.90 bits per heavy atom. The third kappa shape index (κ3) is 5.65. The summed E-state index contributed by atoms with van der Waals surface area (Å²) in [5.41, 5.74) is 2.63. The van der Waals surface area contributed by atoms with Crippen molar-refractivity contribution in [1.29, 1.82) is 5.26 Å². The van der Waals surface area contributed by atoms with Gasteiger partial charge in [-0.05, 0) is 38.5 Å². The molecule has 1 amide bonds. The Labute approximate surface area is 169 Å². The molecule has 0 fully saturated rings. The molecule has 1 aromatic carbocycles. The van der Waals surface area contributed by atoms with Crippen molar-refractivity contribution in [2.45, 2.75) is 32.6 Å². The lowest BCUT2D eigenvalue weighted by atomic mass is 10.1. The number of nitrogens with one attached hydrogen (secondary N) is 1. The normalized spacial score (nSPS) is 12.1. The number of benzene rings is 1. The van der Waals surface area contributed by atoms with Gasteiger partial charge in [0.05, 0.1) is 34.5 Å². The number of ether oxygens (including phenoxy) is 1. The van der Waals surface area contributed by atoms with Crippen molar-refractivity contribution in [2.24, 2.45) is 7.05 Å². The highest BCUT2D eigenvalue weighted by atomic mass is 32.2. The first kappa shape index (κ1) is 22.1. The molecule has 0 unspecified atom stereocenters. The highest BCUT2D eigenvalue weighted by Gasteiger charge is 2.22.